The van der Waals surface area contributed by atoms with E-state index in [2.05, 4.69) is 32.3 Å². The molecule has 1 aromatic carbocycles. The van der Waals surface area contributed by atoms with Gasteiger partial charge in [0.15, 0.2) is 0 Å². The molecule has 0 fully saturated rings. The number of benzene rings is 1. The molecule has 2 rings (SSSR count). The molecule has 1 aromatic heterocycles. The van der Waals surface area contributed by atoms with Gasteiger partial charge in [-0.2, -0.15) is 5.26 Å². The van der Waals surface area contributed by atoms with Crippen LogP contribution < -0.4 is 5.32 Å². The van der Waals surface area contributed by atoms with Crippen molar-refractivity contribution in [2.45, 2.75) is 0 Å². The van der Waals surface area contributed by atoms with Crippen LogP contribution in [0.2, 0.25) is 0 Å². The number of hydrogen-bond acceptors (Lipinski definition) is 3. The Morgan fingerprint density at radius 1 is 1.19 bits per heavy atom. The molecule has 0 amide bonds. The average Bonchev–Trinajstić information content (AvgIpc) is 2.29. The van der Waals surface area contributed by atoms with Gasteiger partial charge in [-0.1, -0.05) is 6.07 Å². The van der Waals surface area contributed by atoms with Crippen LogP contribution in [0.4, 0.5) is 11.4 Å². The fraction of sp³-hybridized carbons (Fsp3) is 0. The van der Waals surface area contributed by atoms with E-state index >= 15 is 0 Å². The summed E-state index contributed by atoms with van der Waals surface area (Å²) in [6.07, 6.45) is 3.45. The summed E-state index contributed by atoms with van der Waals surface area (Å²) in [5.74, 6) is 0. The van der Waals surface area contributed by atoms with E-state index in [4.69, 9.17) is 5.26 Å². The van der Waals surface area contributed by atoms with Crippen LogP contribution in [0.3, 0.4) is 0 Å². The number of nitriles is 1. The summed E-state index contributed by atoms with van der Waals surface area (Å²) in [5, 5.41) is 12.0. The smallest absolute Gasteiger partial charge is 0.0992 e. The molecule has 0 spiro atoms. The number of nitrogens with zero attached hydrogens (tertiary/aromatic N) is 2. The third-order valence-corrected chi connectivity index (χ3v) is 2.42. The van der Waals surface area contributed by atoms with Crippen LogP contribution >= 0.6 is 15.9 Å². The number of hydrogen-bond donors (Lipinski definition) is 1. The summed E-state index contributed by atoms with van der Waals surface area (Å²) < 4.78 is 0.911. The van der Waals surface area contributed by atoms with Gasteiger partial charge in [0.2, 0.25) is 0 Å². The Balaban J connectivity index is 2.24. The highest BCUT2D eigenvalue weighted by Gasteiger charge is 1.97. The fourth-order valence-electron chi connectivity index (χ4n) is 1.31. The first-order valence-electron chi connectivity index (χ1n) is 4.66. The molecule has 0 saturated carbocycles. The zero-order valence-corrected chi connectivity index (χ0v) is 9.90. The first-order chi connectivity index (χ1) is 7.78. The molecule has 0 aliphatic heterocycles. The number of aromatic nitrogens is 1. The number of anilines is 2. The summed E-state index contributed by atoms with van der Waals surface area (Å²) in [6, 6.07) is 11.3. The Labute approximate surface area is 102 Å². The molecule has 0 saturated heterocycles. The minimum Gasteiger partial charge on any atom is -0.354 e. The Hall–Kier alpha value is -1.86. The maximum absolute atomic E-state index is 8.77. The van der Waals surface area contributed by atoms with Gasteiger partial charge in [0.1, 0.15) is 0 Å². The van der Waals surface area contributed by atoms with Crippen LogP contribution in [0.5, 0.6) is 0 Å². The van der Waals surface area contributed by atoms with Crippen molar-refractivity contribution in [3.63, 3.8) is 0 Å². The highest BCUT2D eigenvalue weighted by atomic mass is 79.9. The Bertz CT molecular complexity index is 546. The van der Waals surface area contributed by atoms with E-state index < -0.39 is 0 Å². The maximum Gasteiger partial charge on any atom is 0.0992 e. The predicted octanol–water partition coefficient (Wildman–Crippen LogP) is 3.46. The molecule has 0 aliphatic rings. The van der Waals surface area contributed by atoms with Crippen molar-refractivity contribution in [3.8, 4) is 6.07 Å². The van der Waals surface area contributed by atoms with Gasteiger partial charge < -0.3 is 5.32 Å². The first kappa shape index (κ1) is 10.7. The zero-order valence-electron chi connectivity index (χ0n) is 8.31. The van der Waals surface area contributed by atoms with Crippen LogP contribution in [0.1, 0.15) is 5.56 Å². The molecule has 0 radical (unpaired) electrons. The Morgan fingerprint density at radius 2 is 2.06 bits per heavy atom. The monoisotopic (exact) mass is 273 g/mol. The van der Waals surface area contributed by atoms with Crippen LogP contribution in [0, 0.1) is 11.3 Å². The van der Waals surface area contributed by atoms with Crippen LogP contribution in [0.15, 0.2) is 47.2 Å². The Kier molecular flexibility index (Phi) is 3.18. The van der Waals surface area contributed by atoms with Crippen LogP contribution in [-0.2, 0) is 0 Å². The molecule has 16 heavy (non-hydrogen) atoms. The average molecular weight is 274 g/mol. The second kappa shape index (κ2) is 4.77. The molecule has 78 valence electrons. The van der Waals surface area contributed by atoms with Gasteiger partial charge in [0.25, 0.3) is 0 Å². The maximum atomic E-state index is 8.77. The molecule has 0 bridgehead atoms. The Morgan fingerprint density at radius 3 is 2.81 bits per heavy atom. The van der Waals surface area contributed by atoms with Crippen molar-refractivity contribution < 1.29 is 0 Å². The topological polar surface area (TPSA) is 48.7 Å². The van der Waals surface area contributed by atoms with E-state index in [1.165, 1.54) is 0 Å². The highest BCUT2D eigenvalue weighted by Crippen LogP contribution is 2.19. The van der Waals surface area contributed by atoms with Crippen LogP contribution in [0.25, 0.3) is 0 Å². The van der Waals surface area contributed by atoms with E-state index in [1.807, 2.05) is 18.2 Å². The quantitative estimate of drug-likeness (QED) is 0.912. The second-order valence-corrected chi connectivity index (χ2v) is 4.13. The second-order valence-electron chi connectivity index (χ2n) is 3.21. The minimum absolute atomic E-state index is 0.632. The van der Waals surface area contributed by atoms with Crippen molar-refractivity contribution >= 4 is 27.3 Å². The SMILES string of the molecule is N#Cc1cccc(Nc2cncc(Br)c2)c1. The third kappa shape index (κ3) is 2.59. The van der Waals surface area contributed by atoms with Gasteiger partial charge in [0.05, 0.1) is 23.5 Å². The molecule has 0 unspecified atom stereocenters. The lowest BCUT2D eigenvalue weighted by Gasteiger charge is -2.06. The van der Waals surface area contributed by atoms with Crippen molar-refractivity contribution in [2.75, 3.05) is 5.32 Å². The van der Waals surface area contributed by atoms with E-state index in [0.717, 1.165) is 15.8 Å². The molecular formula is C12H8BrN3. The zero-order chi connectivity index (χ0) is 11.4. The van der Waals surface area contributed by atoms with Gasteiger partial charge in [-0.3, -0.25) is 4.98 Å². The van der Waals surface area contributed by atoms with Gasteiger partial charge in [-0.15, -0.1) is 0 Å². The summed E-state index contributed by atoms with van der Waals surface area (Å²) in [6.45, 7) is 0. The van der Waals surface area contributed by atoms with Crippen molar-refractivity contribution in [3.05, 3.63) is 52.8 Å². The van der Waals surface area contributed by atoms with Gasteiger partial charge in [0, 0.05) is 16.4 Å². The fourth-order valence-corrected chi connectivity index (χ4v) is 1.68. The van der Waals surface area contributed by atoms with E-state index in [0.29, 0.717) is 5.56 Å². The number of rotatable bonds is 2. The molecular weight excluding hydrogens is 266 g/mol. The van der Waals surface area contributed by atoms with Crippen molar-refractivity contribution in [2.24, 2.45) is 0 Å². The standard InChI is InChI=1S/C12H8BrN3/c13-10-5-12(8-15-7-10)16-11-3-1-2-9(4-11)6-14/h1-5,7-8,16H. The third-order valence-electron chi connectivity index (χ3n) is 1.99. The normalized spacial score (nSPS) is 9.50. The van der Waals surface area contributed by atoms with E-state index in [9.17, 15) is 0 Å². The summed E-state index contributed by atoms with van der Waals surface area (Å²) in [5.41, 5.74) is 2.39. The molecule has 0 atom stereocenters. The summed E-state index contributed by atoms with van der Waals surface area (Å²) in [7, 11) is 0. The van der Waals surface area contributed by atoms with E-state index in [-0.39, 0.29) is 0 Å². The highest BCUT2D eigenvalue weighted by molar-refractivity contribution is 9.10. The van der Waals surface area contributed by atoms with Gasteiger partial charge >= 0.3 is 0 Å². The summed E-state index contributed by atoms with van der Waals surface area (Å²) in [4.78, 5) is 4.05. The first-order valence-corrected chi connectivity index (χ1v) is 5.45. The molecule has 1 heterocycles. The lowest BCUT2D eigenvalue weighted by atomic mass is 10.2. The number of nitrogens with one attached hydrogen (secondary N) is 1. The molecule has 2 aromatic rings. The van der Waals surface area contributed by atoms with Crippen molar-refractivity contribution in [1.82, 2.24) is 4.98 Å². The molecule has 0 aliphatic carbocycles. The van der Waals surface area contributed by atoms with Gasteiger partial charge in [-0.05, 0) is 40.2 Å². The largest absolute Gasteiger partial charge is 0.354 e. The number of halogens is 1. The number of pyridine rings is 1. The lowest BCUT2D eigenvalue weighted by Crippen LogP contribution is -1.91. The molecule has 1 N–H and O–H groups in total. The van der Waals surface area contributed by atoms with E-state index in [1.54, 1.807) is 24.5 Å². The van der Waals surface area contributed by atoms with Crippen LogP contribution in [-0.4, -0.2) is 4.98 Å². The predicted molar refractivity (Wildman–Crippen MR) is 66.4 cm³/mol. The van der Waals surface area contributed by atoms with Crippen molar-refractivity contribution in [1.29, 1.82) is 5.26 Å². The minimum atomic E-state index is 0.632. The summed E-state index contributed by atoms with van der Waals surface area (Å²) >= 11 is 3.35. The lowest BCUT2D eigenvalue weighted by molar-refractivity contribution is 1.30. The molecule has 3 nitrogen and oxygen atoms in total. The van der Waals surface area contributed by atoms with Gasteiger partial charge in [-0.25, -0.2) is 0 Å². The molecule has 4 heteroatoms.